The number of anilines is 1. The molecule has 3 aromatic rings. The third kappa shape index (κ3) is 6.17. The second-order valence-corrected chi connectivity index (χ2v) is 7.37. The Balaban J connectivity index is 1.80. The summed E-state index contributed by atoms with van der Waals surface area (Å²) in [6.45, 7) is 0.211. The van der Waals surface area contributed by atoms with Crippen molar-refractivity contribution in [1.29, 1.82) is 5.26 Å². The van der Waals surface area contributed by atoms with Crippen LogP contribution in [0.2, 0.25) is 0 Å². The van der Waals surface area contributed by atoms with E-state index in [2.05, 4.69) is 21.2 Å². The zero-order valence-electron chi connectivity index (χ0n) is 16.6. The fourth-order valence-corrected chi connectivity index (χ4v) is 3.06. The smallest absolute Gasteiger partial charge is 0.266 e. The van der Waals surface area contributed by atoms with Crippen molar-refractivity contribution in [3.63, 3.8) is 0 Å². The van der Waals surface area contributed by atoms with Gasteiger partial charge in [-0.3, -0.25) is 4.79 Å². The van der Waals surface area contributed by atoms with Crippen LogP contribution in [0.1, 0.15) is 11.1 Å². The molecule has 0 radical (unpaired) electrons. The summed E-state index contributed by atoms with van der Waals surface area (Å²) < 4.78 is 24.8. The lowest BCUT2D eigenvalue weighted by Gasteiger charge is -2.11. The molecule has 0 saturated carbocycles. The molecule has 0 atom stereocenters. The summed E-state index contributed by atoms with van der Waals surface area (Å²) in [5.41, 5.74) is 1.80. The summed E-state index contributed by atoms with van der Waals surface area (Å²) in [7, 11) is 1.55. The van der Waals surface area contributed by atoms with Crippen molar-refractivity contribution in [3.8, 4) is 17.6 Å². The molecule has 0 unspecified atom stereocenters. The maximum Gasteiger partial charge on any atom is 0.266 e. The Labute approximate surface area is 187 Å². The van der Waals surface area contributed by atoms with Crippen molar-refractivity contribution in [2.24, 2.45) is 0 Å². The highest BCUT2D eigenvalue weighted by molar-refractivity contribution is 9.10. The van der Waals surface area contributed by atoms with E-state index in [0.29, 0.717) is 22.7 Å². The zero-order valence-corrected chi connectivity index (χ0v) is 18.1. The number of carbonyl (C=O) groups excluding carboxylic acids is 1. The number of ether oxygens (including phenoxy) is 2. The van der Waals surface area contributed by atoms with Gasteiger partial charge < -0.3 is 14.8 Å². The molecule has 0 spiro atoms. The lowest BCUT2D eigenvalue weighted by molar-refractivity contribution is -0.112. The largest absolute Gasteiger partial charge is 0.497 e. The Bertz CT molecular complexity index is 1140. The number of nitrogens with zero attached hydrogens (tertiary/aromatic N) is 1. The van der Waals surface area contributed by atoms with Gasteiger partial charge >= 0.3 is 0 Å². The molecule has 0 aliphatic carbocycles. The van der Waals surface area contributed by atoms with Crippen molar-refractivity contribution in [1.82, 2.24) is 0 Å². The first-order chi connectivity index (χ1) is 15.0. The van der Waals surface area contributed by atoms with Gasteiger partial charge in [0, 0.05) is 15.7 Å². The van der Waals surface area contributed by atoms with Crippen LogP contribution in [0.3, 0.4) is 0 Å². The lowest BCUT2D eigenvalue weighted by Crippen LogP contribution is -2.13. The molecule has 1 amide bonds. The van der Waals surface area contributed by atoms with Crippen LogP contribution < -0.4 is 14.8 Å². The Hall–Kier alpha value is -3.63. The summed E-state index contributed by atoms with van der Waals surface area (Å²) in [5.74, 6) is 0.276. The van der Waals surface area contributed by atoms with Crippen LogP contribution in [0.15, 0.2) is 76.8 Å². The van der Waals surface area contributed by atoms with E-state index >= 15 is 0 Å². The number of hydrogen-bond acceptors (Lipinski definition) is 4. The Morgan fingerprint density at radius 3 is 2.48 bits per heavy atom. The standard InChI is InChI=1S/C24H18BrFN2O3/c1-30-22-9-7-21(8-10-22)28-24(29)18(14-27)12-17-13-19(25)4-11-23(17)31-15-16-2-5-20(26)6-3-16/h2-13H,15H2,1H3,(H,28,29)/b18-12+. The van der Waals surface area contributed by atoms with Gasteiger partial charge in [0.05, 0.1) is 7.11 Å². The van der Waals surface area contributed by atoms with Gasteiger partial charge in [0.15, 0.2) is 0 Å². The van der Waals surface area contributed by atoms with E-state index in [1.807, 2.05) is 6.07 Å². The second-order valence-electron chi connectivity index (χ2n) is 6.45. The van der Waals surface area contributed by atoms with E-state index in [9.17, 15) is 14.4 Å². The Kier molecular flexibility index (Phi) is 7.41. The number of halogens is 2. The molecule has 5 nitrogen and oxygen atoms in total. The van der Waals surface area contributed by atoms with E-state index in [1.165, 1.54) is 18.2 Å². The highest BCUT2D eigenvalue weighted by atomic mass is 79.9. The lowest BCUT2D eigenvalue weighted by atomic mass is 10.1. The molecule has 0 aromatic heterocycles. The summed E-state index contributed by atoms with van der Waals surface area (Å²) in [4.78, 5) is 12.6. The minimum atomic E-state index is -0.544. The van der Waals surface area contributed by atoms with Crippen LogP contribution in [-0.4, -0.2) is 13.0 Å². The molecule has 31 heavy (non-hydrogen) atoms. The van der Waals surface area contributed by atoms with Crippen LogP contribution in [-0.2, 0) is 11.4 Å². The number of hydrogen-bond donors (Lipinski definition) is 1. The maximum atomic E-state index is 13.1. The van der Waals surface area contributed by atoms with Crippen LogP contribution >= 0.6 is 15.9 Å². The molecule has 0 bridgehead atoms. The topological polar surface area (TPSA) is 71.3 Å². The van der Waals surface area contributed by atoms with Crippen molar-refractivity contribution in [3.05, 3.63) is 93.7 Å². The Morgan fingerprint density at radius 2 is 1.84 bits per heavy atom. The van der Waals surface area contributed by atoms with Gasteiger partial charge in [0.2, 0.25) is 0 Å². The molecule has 1 N–H and O–H groups in total. The van der Waals surface area contributed by atoms with Crippen LogP contribution in [0.5, 0.6) is 11.5 Å². The van der Waals surface area contributed by atoms with E-state index in [4.69, 9.17) is 9.47 Å². The first kappa shape index (κ1) is 22.1. The first-order valence-corrected chi connectivity index (χ1v) is 10.0. The van der Waals surface area contributed by atoms with Crippen molar-refractivity contribution in [2.75, 3.05) is 12.4 Å². The predicted molar refractivity (Wildman–Crippen MR) is 120 cm³/mol. The average molecular weight is 481 g/mol. The van der Waals surface area contributed by atoms with Crippen molar-refractivity contribution in [2.45, 2.75) is 6.61 Å². The fraction of sp³-hybridized carbons (Fsp3) is 0.0833. The molecule has 0 saturated heterocycles. The molecule has 0 heterocycles. The number of nitrogens with one attached hydrogen (secondary N) is 1. The third-order valence-corrected chi connectivity index (χ3v) is 4.79. The van der Waals surface area contributed by atoms with Gasteiger partial charge in [-0.2, -0.15) is 5.26 Å². The van der Waals surface area contributed by atoms with Crippen LogP contribution in [0.4, 0.5) is 10.1 Å². The molecular weight excluding hydrogens is 463 g/mol. The molecule has 0 fully saturated rings. The Morgan fingerprint density at radius 1 is 1.13 bits per heavy atom. The summed E-state index contributed by atoms with van der Waals surface area (Å²) >= 11 is 3.39. The number of rotatable bonds is 7. The number of amides is 1. The highest BCUT2D eigenvalue weighted by Crippen LogP contribution is 2.27. The van der Waals surface area contributed by atoms with E-state index in [1.54, 1.807) is 61.7 Å². The zero-order chi connectivity index (χ0) is 22.2. The van der Waals surface area contributed by atoms with Crippen LogP contribution in [0, 0.1) is 17.1 Å². The molecular formula is C24H18BrFN2O3. The molecule has 3 rings (SSSR count). The molecule has 0 aliphatic heterocycles. The number of benzene rings is 3. The number of carbonyl (C=O) groups is 1. The van der Waals surface area contributed by atoms with Gasteiger partial charge in [0.25, 0.3) is 5.91 Å². The second kappa shape index (κ2) is 10.4. The van der Waals surface area contributed by atoms with Crippen molar-refractivity contribution >= 4 is 33.6 Å². The highest BCUT2D eigenvalue weighted by Gasteiger charge is 2.12. The molecule has 3 aromatic carbocycles. The normalized spacial score (nSPS) is 10.8. The van der Waals surface area contributed by atoms with Crippen LogP contribution in [0.25, 0.3) is 6.08 Å². The molecule has 0 aliphatic rings. The third-order valence-electron chi connectivity index (χ3n) is 4.29. The van der Waals surface area contributed by atoms with Crippen molar-refractivity contribution < 1.29 is 18.7 Å². The van der Waals surface area contributed by atoms with E-state index < -0.39 is 5.91 Å². The summed E-state index contributed by atoms with van der Waals surface area (Å²) in [6, 6.07) is 20.0. The SMILES string of the molecule is COc1ccc(NC(=O)/C(C#N)=C/c2cc(Br)ccc2OCc2ccc(F)cc2)cc1. The van der Waals surface area contributed by atoms with E-state index in [0.717, 1.165) is 10.0 Å². The van der Waals surface area contributed by atoms with Gasteiger partial charge in [0.1, 0.15) is 35.6 Å². The van der Waals surface area contributed by atoms with Gasteiger partial charge in [-0.05, 0) is 66.2 Å². The summed E-state index contributed by atoms with van der Waals surface area (Å²) in [5, 5.41) is 12.2. The minimum Gasteiger partial charge on any atom is -0.497 e. The molecule has 7 heteroatoms. The summed E-state index contributed by atoms with van der Waals surface area (Å²) in [6.07, 6.45) is 1.46. The van der Waals surface area contributed by atoms with Gasteiger partial charge in [-0.25, -0.2) is 4.39 Å². The van der Waals surface area contributed by atoms with E-state index in [-0.39, 0.29) is 18.0 Å². The number of methoxy groups -OCH3 is 1. The quantitative estimate of drug-likeness (QED) is 0.346. The molecule has 156 valence electrons. The monoisotopic (exact) mass is 480 g/mol. The van der Waals surface area contributed by atoms with Gasteiger partial charge in [-0.1, -0.05) is 28.1 Å². The first-order valence-electron chi connectivity index (χ1n) is 9.22. The fourth-order valence-electron chi connectivity index (χ4n) is 2.68. The maximum absolute atomic E-state index is 13.1. The predicted octanol–water partition coefficient (Wildman–Crippen LogP) is 5.72. The van der Waals surface area contributed by atoms with Gasteiger partial charge in [-0.15, -0.1) is 0 Å². The minimum absolute atomic E-state index is 0.0828. The number of nitriles is 1. The average Bonchev–Trinajstić information content (AvgIpc) is 2.78.